The van der Waals surface area contributed by atoms with E-state index in [1.807, 2.05) is 20.2 Å². The molecule has 84 valence electrons. The lowest BCUT2D eigenvalue weighted by Gasteiger charge is -2.03. The van der Waals surface area contributed by atoms with Gasteiger partial charge in [-0.3, -0.25) is 9.48 Å². The summed E-state index contributed by atoms with van der Waals surface area (Å²) in [5.74, 6) is 0. The third-order valence-electron chi connectivity index (χ3n) is 2.18. The Labute approximate surface area is 92.3 Å². The number of hydrogen-bond donors (Lipinski definition) is 2. The first-order valence-electron chi connectivity index (χ1n) is 5.03. The highest BCUT2D eigenvalue weighted by Gasteiger charge is 2.05. The van der Waals surface area contributed by atoms with E-state index in [2.05, 4.69) is 20.6 Å². The van der Waals surface area contributed by atoms with Gasteiger partial charge >= 0.3 is 0 Å². The van der Waals surface area contributed by atoms with Gasteiger partial charge in [-0.2, -0.15) is 10.2 Å². The van der Waals surface area contributed by atoms with Crippen molar-refractivity contribution in [3.8, 4) is 0 Å². The molecule has 0 amide bonds. The van der Waals surface area contributed by atoms with E-state index in [9.17, 15) is 4.79 Å². The van der Waals surface area contributed by atoms with Crippen LogP contribution in [0.5, 0.6) is 0 Å². The maximum Gasteiger partial charge on any atom is 0.266 e. The van der Waals surface area contributed by atoms with Crippen molar-refractivity contribution in [2.75, 3.05) is 5.32 Å². The van der Waals surface area contributed by atoms with Gasteiger partial charge in [-0.1, -0.05) is 6.92 Å². The largest absolute Gasteiger partial charge is 0.351 e. The Balaban J connectivity index is 2.29. The van der Waals surface area contributed by atoms with Crippen LogP contribution in [-0.4, -0.2) is 20.0 Å². The normalized spacial score (nSPS) is 10.4. The van der Waals surface area contributed by atoms with Crippen LogP contribution in [0.25, 0.3) is 0 Å². The zero-order valence-electron chi connectivity index (χ0n) is 9.19. The fraction of sp³-hybridized carbons (Fsp3) is 0.300. The fourth-order valence-corrected chi connectivity index (χ4v) is 1.50. The molecule has 0 spiro atoms. The van der Waals surface area contributed by atoms with Gasteiger partial charge < -0.3 is 5.32 Å². The molecule has 2 N–H and O–H groups in total. The first-order valence-corrected chi connectivity index (χ1v) is 5.03. The Kier molecular flexibility index (Phi) is 2.72. The summed E-state index contributed by atoms with van der Waals surface area (Å²) in [6.07, 6.45) is 4.27. The molecule has 0 radical (unpaired) electrons. The van der Waals surface area contributed by atoms with Crippen molar-refractivity contribution in [1.82, 2.24) is 20.0 Å². The zero-order valence-corrected chi connectivity index (χ0v) is 9.19. The number of aromatic amines is 1. The minimum Gasteiger partial charge on any atom is -0.351 e. The van der Waals surface area contributed by atoms with Crippen molar-refractivity contribution < 1.29 is 0 Å². The van der Waals surface area contributed by atoms with E-state index in [4.69, 9.17) is 0 Å². The van der Waals surface area contributed by atoms with Crippen LogP contribution in [0.3, 0.4) is 0 Å². The Morgan fingerprint density at radius 3 is 3.06 bits per heavy atom. The minimum atomic E-state index is -0.230. The maximum absolute atomic E-state index is 11.1. The van der Waals surface area contributed by atoms with E-state index in [-0.39, 0.29) is 5.56 Å². The number of anilines is 2. The van der Waals surface area contributed by atoms with Crippen LogP contribution in [0.15, 0.2) is 23.3 Å². The van der Waals surface area contributed by atoms with Gasteiger partial charge in [0.1, 0.15) is 0 Å². The van der Waals surface area contributed by atoms with Gasteiger partial charge in [0.25, 0.3) is 5.56 Å². The third-order valence-corrected chi connectivity index (χ3v) is 2.18. The fourth-order valence-electron chi connectivity index (χ4n) is 1.50. The van der Waals surface area contributed by atoms with Crippen LogP contribution in [0.2, 0.25) is 0 Å². The van der Waals surface area contributed by atoms with Crippen LogP contribution in [0.1, 0.15) is 12.6 Å². The van der Waals surface area contributed by atoms with Gasteiger partial charge in [-0.25, -0.2) is 5.10 Å². The second-order valence-corrected chi connectivity index (χ2v) is 3.48. The Bertz CT molecular complexity index is 542. The van der Waals surface area contributed by atoms with Crippen molar-refractivity contribution in [3.63, 3.8) is 0 Å². The summed E-state index contributed by atoms with van der Waals surface area (Å²) in [6, 6.07) is 1.46. The maximum atomic E-state index is 11.1. The first-order chi connectivity index (χ1) is 7.69. The van der Waals surface area contributed by atoms with Crippen molar-refractivity contribution >= 4 is 11.4 Å². The second-order valence-electron chi connectivity index (χ2n) is 3.48. The number of aromatic nitrogens is 4. The summed E-state index contributed by atoms with van der Waals surface area (Å²) < 4.78 is 1.74. The Morgan fingerprint density at radius 1 is 1.56 bits per heavy atom. The first kappa shape index (κ1) is 10.4. The molecule has 6 heteroatoms. The van der Waals surface area contributed by atoms with Crippen LogP contribution in [0.4, 0.5) is 11.4 Å². The van der Waals surface area contributed by atoms with Crippen LogP contribution in [-0.2, 0) is 13.5 Å². The molecule has 0 saturated heterocycles. The van der Waals surface area contributed by atoms with Gasteiger partial charge in [0.2, 0.25) is 0 Å². The Morgan fingerprint density at radius 2 is 2.38 bits per heavy atom. The number of H-pyrrole nitrogens is 1. The molecule has 2 aromatic heterocycles. The average molecular weight is 219 g/mol. The standard InChI is InChI=1S/C10H13N5O/c1-3-8-9(6-15(2)14-8)12-7-4-10(16)13-11-5-7/h4-6H,3H2,1-2H3,(H2,12,13,16). The minimum absolute atomic E-state index is 0.230. The van der Waals surface area contributed by atoms with E-state index in [1.165, 1.54) is 6.07 Å². The summed E-state index contributed by atoms with van der Waals surface area (Å²) in [5, 5.41) is 13.5. The van der Waals surface area contributed by atoms with Gasteiger partial charge in [0.15, 0.2) is 0 Å². The van der Waals surface area contributed by atoms with E-state index in [1.54, 1.807) is 10.9 Å². The smallest absolute Gasteiger partial charge is 0.266 e. The van der Waals surface area contributed by atoms with E-state index >= 15 is 0 Å². The molecule has 0 aromatic carbocycles. The molecule has 0 fully saturated rings. The Hall–Kier alpha value is -2.11. The molecule has 0 saturated carbocycles. The number of aryl methyl sites for hydroxylation is 2. The topological polar surface area (TPSA) is 75.6 Å². The third kappa shape index (κ3) is 2.10. The van der Waals surface area contributed by atoms with Crippen molar-refractivity contribution in [1.29, 1.82) is 0 Å². The molecule has 0 unspecified atom stereocenters. The molecule has 0 aliphatic carbocycles. The molecule has 0 atom stereocenters. The average Bonchev–Trinajstić information content (AvgIpc) is 2.59. The molecule has 0 aliphatic heterocycles. The van der Waals surface area contributed by atoms with Crippen molar-refractivity contribution in [2.45, 2.75) is 13.3 Å². The van der Waals surface area contributed by atoms with Gasteiger partial charge in [0, 0.05) is 19.3 Å². The molecular weight excluding hydrogens is 206 g/mol. The molecule has 2 heterocycles. The molecule has 0 bridgehead atoms. The predicted octanol–water partition coefficient (Wildman–Crippen LogP) is 0.809. The van der Waals surface area contributed by atoms with E-state index < -0.39 is 0 Å². The predicted molar refractivity (Wildman–Crippen MR) is 60.7 cm³/mol. The van der Waals surface area contributed by atoms with Gasteiger partial charge in [0.05, 0.1) is 23.3 Å². The number of rotatable bonds is 3. The molecular formula is C10H13N5O. The molecule has 16 heavy (non-hydrogen) atoms. The van der Waals surface area contributed by atoms with Crippen LogP contribution in [0, 0.1) is 0 Å². The van der Waals surface area contributed by atoms with Crippen LogP contribution >= 0.6 is 0 Å². The van der Waals surface area contributed by atoms with Crippen molar-refractivity contribution in [3.05, 3.63) is 34.5 Å². The number of hydrogen-bond acceptors (Lipinski definition) is 4. The van der Waals surface area contributed by atoms with E-state index in [0.29, 0.717) is 5.69 Å². The summed E-state index contributed by atoms with van der Waals surface area (Å²) >= 11 is 0. The lowest BCUT2D eigenvalue weighted by atomic mass is 10.3. The second kappa shape index (κ2) is 4.18. The molecule has 6 nitrogen and oxygen atoms in total. The summed E-state index contributed by atoms with van der Waals surface area (Å²) in [6.45, 7) is 2.03. The van der Waals surface area contributed by atoms with Crippen LogP contribution < -0.4 is 10.9 Å². The number of nitrogens with zero attached hydrogens (tertiary/aromatic N) is 3. The molecule has 2 aromatic rings. The zero-order chi connectivity index (χ0) is 11.5. The summed E-state index contributed by atoms with van der Waals surface area (Å²) in [5.41, 5.74) is 2.29. The summed E-state index contributed by atoms with van der Waals surface area (Å²) in [4.78, 5) is 11.1. The van der Waals surface area contributed by atoms with Crippen molar-refractivity contribution in [2.24, 2.45) is 7.05 Å². The quantitative estimate of drug-likeness (QED) is 0.801. The highest BCUT2D eigenvalue weighted by atomic mass is 16.1. The highest BCUT2D eigenvalue weighted by Crippen LogP contribution is 2.18. The van der Waals surface area contributed by atoms with E-state index in [0.717, 1.165) is 17.8 Å². The van der Waals surface area contributed by atoms with Gasteiger partial charge in [-0.15, -0.1) is 0 Å². The highest BCUT2D eigenvalue weighted by molar-refractivity contribution is 5.59. The van der Waals surface area contributed by atoms with Gasteiger partial charge in [-0.05, 0) is 6.42 Å². The lowest BCUT2D eigenvalue weighted by Crippen LogP contribution is -2.07. The number of nitrogens with one attached hydrogen (secondary N) is 2. The monoisotopic (exact) mass is 219 g/mol. The SMILES string of the molecule is CCc1nn(C)cc1Nc1cn[nH]c(=O)c1. The molecule has 2 rings (SSSR count). The summed E-state index contributed by atoms with van der Waals surface area (Å²) in [7, 11) is 1.86. The lowest BCUT2D eigenvalue weighted by molar-refractivity contribution is 0.746. The molecule has 0 aliphatic rings.